The van der Waals surface area contributed by atoms with Crippen LogP contribution in [0.5, 0.6) is 0 Å². The van der Waals surface area contributed by atoms with Gasteiger partial charge >= 0.3 is 0 Å². The third-order valence-corrected chi connectivity index (χ3v) is 1.01. The van der Waals surface area contributed by atoms with E-state index >= 15 is 0 Å². The third-order valence-electron chi connectivity index (χ3n) is 1.01. The minimum absolute atomic E-state index is 0.757. The van der Waals surface area contributed by atoms with Crippen LogP contribution in [0.15, 0.2) is 0 Å². The van der Waals surface area contributed by atoms with E-state index in [2.05, 4.69) is 0 Å². The van der Waals surface area contributed by atoms with Crippen molar-refractivity contribution in [3.8, 4) is 0 Å². The topological polar surface area (TPSA) is 49.9 Å². The third kappa shape index (κ3) is 5.63. The van der Waals surface area contributed by atoms with E-state index in [1.54, 1.807) is 0 Å². The predicted octanol–water partition coefficient (Wildman–Crippen LogP) is 1.16. The van der Waals surface area contributed by atoms with Crippen LogP contribution in [0.2, 0.25) is 0 Å². The van der Waals surface area contributed by atoms with Crippen LogP contribution in [0.4, 0.5) is 0 Å². The van der Waals surface area contributed by atoms with Gasteiger partial charge in [-0.3, -0.25) is 0 Å². The van der Waals surface area contributed by atoms with E-state index in [1.165, 1.54) is 0 Å². The lowest BCUT2D eigenvalue weighted by Gasteiger charge is -1.93. The van der Waals surface area contributed by atoms with Crippen molar-refractivity contribution in [1.82, 2.24) is 0 Å². The fourth-order valence-corrected chi connectivity index (χ4v) is 0.535. The maximum atomic E-state index is 7.03. The molecule has 0 saturated heterocycles. The van der Waals surface area contributed by atoms with E-state index in [0.29, 0.717) is 0 Å². The molecule has 0 spiro atoms. The summed E-state index contributed by atoms with van der Waals surface area (Å²) in [7, 11) is 0. The van der Waals surface area contributed by atoms with E-state index in [9.17, 15) is 0 Å². The van der Waals surface area contributed by atoms with Crippen LogP contribution in [0.3, 0.4) is 0 Å². The van der Waals surface area contributed by atoms with Crippen molar-refractivity contribution in [1.29, 1.82) is 5.41 Å². The summed E-state index contributed by atoms with van der Waals surface area (Å²) in [6.45, 7) is 2.59. The van der Waals surface area contributed by atoms with E-state index in [4.69, 9.17) is 11.1 Å². The Kier molecular flexibility index (Phi) is 4.56. The van der Waals surface area contributed by atoms with Gasteiger partial charge in [-0.25, -0.2) is 0 Å². The van der Waals surface area contributed by atoms with Gasteiger partial charge in [-0.2, -0.15) is 0 Å². The molecular weight excluding hydrogens is 100 g/mol. The number of hydrogen-bond donors (Lipinski definition) is 2. The molecule has 0 aromatic heterocycles. The molecule has 0 fully saturated rings. The second kappa shape index (κ2) is 4.78. The maximum Gasteiger partial charge on any atom is 0.00582 e. The van der Waals surface area contributed by atoms with Crippen LogP contribution in [-0.4, -0.2) is 12.3 Å². The smallest absolute Gasteiger partial charge is 0.00582 e. The molecule has 0 aliphatic carbocycles. The zero-order chi connectivity index (χ0) is 6.41. The zero-order valence-electron chi connectivity index (χ0n) is 5.41. The van der Waals surface area contributed by atoms with Gasteiger partial charge in [-0.05, 0) is 32.7 Å². The molecule has 0 rings (SSSR count). The van der Waals surface area contributed by atoms with Crippen LogP contribution in [-0.2, 0) is 0 Å². The second-order valence-electron chi connectivity index (χ2n) is 2.03. The summed E-state index contributed by atoms with van der Waals surface area (Å²) in [4.78, 5) is 0. The number of unbranched alkanes of at least 4 members (excludes halogenated alkanes) is 1. The highest BCUT2D eigenvalue weighted by Crippen LogP contribution is 1.93. The Hall–Kier alpha value is -0.370. The molecule has 0 amide bonds. The van der Waals surface area contributed by atoms with Crippen molar-refractivity contribution in [3.05, 3.63) is 0 Å². The lowest BCUT2D eigenvalue weighted by Crippen LogP contribution is -1.99. The maximum absolute atomic E-state index is 7.03. The van der Waals surface area contributed by atoms with E-state index in [1.807, 2.05) is 6.92 Å². The highest BCUT2D eigenvalue weighted by Gasteiger charge is 1.86. The standard InChI is InChI=1S/C6H14N2/c1-6(8)4-2-3-5-7/h8H,2-5,7H2,1H3. The van der Waals surface area contributed by atoms with Gasteiger partial charge in [0.2, 0.25) is 0 Å². The summed E-state index contributed by atoms with van der Waals surface area (Å²) in [6.07, 6.45) is 3.04. The van der Waals surface area contributed by atoms with Crippen molar-refractivity contribution in [3.63, 3.8) is 0 Å². The Labute approximate surface area is 50.6 Å². The van der Waals surface area contributed by atoms with Crippen LogP contribution >= 0.6 is 0 Å². The van der Waals surface area contributed by atoms with Gasteiger partial charge in [0.15, 0.2) is 0 Å². The molecule has 8 heavy (non-hydrogen) atoms. The Balaban J connectivity index is 2.82. The van der Waals surface area contributed by atoms with Crippen LogP contribution in [0.1, 0.15) is 26.2 Å². The summed E-state index contributed by atoms with van der Waals surface area (Å²) in [5.74, 6) is 0. The van der Waals surface area contributed by atoms with Crippen molar-refractivity contribution in [2.45, 2.75) is 26.2 Å². The lowest BCUT2D eigenvalue weighted by atomic mass is 10.2. The summed E-state index contributed by atoms with van der Waals surface area (Å²) in [5.41, 5.74) is 6.01. The van der Waals surface area contributed by atoms with Gasteiger partial charge in [0.1, 0.15) is 0 Å². The van der Waals surface area contributed by atoms with Crippen molar-refractivity contribution >= 4 is 5.71 Å². The summed E-state index contributed by atoms with van der Waals surface area (Å²) in [6, 6.07) is 0. The Morgan fingerprint density at radius 2 is 2.12 bits per heavy atom. The summed E-state index contributed by atoms with van der Waals surface area (Å²) >= 11 is 0. The lowest BCUT2D eigenvalue weighted by molar-refractivity contribution is 0.770. The highest BCUT2D eigenvalue weighted by molar-refractivity contribution is 5.78. The Morgan fingerprint density at radius 3 is 2.50 bits per heavy atom. The summed E-state index contributed by atoms with van der Waals surface area (Å²) < 4.78 is 0. The molecule has 48 valence electrons. The van der Waals surface area contributed by atoms with E-state index < -0.39 is 0 Å². The fraction of sp³-hybridized carbons (Fsp3) is 0.833. The average molecular weight is 114 g/mol. The number of rotatable bonds is 4. The number of nitrogens with one attached hydrogen (secondary N) is 1. The van der Waals surface area contributed by atoms with Crippen LogP contribution in [0, 0.1) is 5.41 Å². The molecule has 0 aromatic rings. The van der Waals surface area contributed by atoms with E-state index in [0.717, 1.165) is 31.5 Å². The first-order chi connectivity index (χ1) is 3.77. The van der Waals surface area contributed by atoms with Crippen LogP contribution in [0.25, 0.3) is 0 Å². The highest BCUT2D eigenvalue weighted by atomic mass is 14.5. The molecule has 0 atom stereocenters. The SMILES string of the molecule is CC(=N)CCCCN. The normalized spacial score (nSPS) is 9.25. The summed E-state index contributed by atoms with van der Waals surface area (Å²) in [5, 5.41) is 7.03. The largest absolute Gasteiger partial charge is 0.330 e. The van der Waals surface area contributed by atoms with Crippen molar-refractivity contribution in [2.75, 3.05) is 6.54 Å². The molecule has 0 heterocycles. The Morgan fingerprint density at radius 1 is 1.50 bits per heavy atom. The molecule has 0 saturated carbocycles. The average Bonchev–Trinajstić information content (AvgIpc) is 1.66. The molecular formula is C6H14N2. The first-order valence-corrected chi connectivity index (χ1v) is 3.01. The molecule has 0 bridgehead atoms. The Bertz CT molecular complexity index is 68.9. The molecule has 0 aromatic carbocycles. The minimum Gasteiger partial charge on any atom is -0.330 e. The predicted molar refractivity (Wildman–Crippen MR) is 36.3 cm³/mol. The molecule has 0 unspecified atom stereocenters. The van der Waals surface area contributed by atoms with Crippen LogP contribution < -0.4 is 5.73 Å². The van der Waals surface area contributed by atoms with Gasteiger partial charge in [0, 0.05) is 5.71 Å². The monoisotopic (exact) mass is 114 g/mol. The number of nitrogens with two attached hydrogens (primary N) is 1. The minimum atomic E-state index is 0.757. The molecule has 0 aliphatic rings. The molecule has 2 heteroatoms. The zero-order valence-corrected chi connectivity index (χ0v) is 5.41. The molecule has 2 nitrogen and oxygen atoms in total. The second-order valence-corrected chi connectivity index (χ2v) is 2.03. The van der Waals surface area contributed by atoms with Gasteiger partial charge < -0.3 is 11.1 Å². The quantitative estimate of drug-likeness (QED) is 0.418. The van der Waals surface area contributed by atoms with Gasteiger partial charge in [0.05, 0.1) is 0 Å². The van der Waals surface area contributed by atoms with Gasteiger partial charge in [-0.15, -0.1) is 0 Å². The molecule has 0 radical (unpaired) electrons. The molecule has 0 aliphatic heterocycles. The van der Waals surface area contributed by atoms with Gasteiger partial charge in [-0.1, -0.05) is 0 Å². The molecule has 3 N–H and O–H groups in total. The fourth-order valence-electron chi connectivity index (χ4n) is 0.535. The first-order valence-electron chi connectivity index (χ1n) is 3.01. The number of hydrogen-bond acceptors (Lipinski definition) is 2. The van der Waals surface area contributed by atoms with E-state index in [-0.39, 0.29) is 0 Å². The van der Waals surface area contributed by atoms with Crippen molar-refractivity contribution in [2.24, 2.45) is 5.73 Å². The van der Waals surface area contributed by atoms with Crippen molar-refractivity contribution < 1.29 is 0 Å². The van der Waals surface area contributed by atoms with Gasteiger partial charge in [0.25, 0.3) is 0 Å². The first kappa shape index (κ1) is 7.63.